The monoisotopic (exact) mass is 370 g/mol. The molecular weight excluding hydrogens is 340 g/mol. The van der Waals surface area contributed by atoms with E-state index >= 15 is 0 Å². The number of morpholine rings is 1. The van der Waals surface area contributed by atoms with Gasteiger partial charge in [-0.3, -0.25) is 4.90 Å². The first-order valence-electron chi connectivity index (χ1n) is 10.1. The van der Waals surface area contributed by atoms with Crippen molar-refractivity contribution in [3.05, 3.63) is 35.9 Å². The van der Waals surface area contributed by atoms with E-state index in [-0.39, 0.29) is 18.2 Å². The van der Waals surface area contributed by atoms with Crippen LogP contribution >= 0.6 is 0 Å². The molecule has 0 spiro atoms. The van der Waals surface area contributed by atoms with Crippen LogP contribution in [0.25, 0.3) is 5.57 Å². The molecule has 2 saturated heterocycles. The molecule has 0 aliphatic carbocycles. The van der Waals surface area contributed by atoms with Gasteiger partial charge < -0.3 is 14.4 Å². The Bertz CT molecular complexity index is 714. The summed E-state index contributed by atoms with van der Waals surface area (Å²) in [6.45, 7) is 9.29. The van der Waals surface area contributed by atoms with E-state index < -0.39 is 5.60 Å². The molecule has 5 nitrogen and oxygen atoms in total. The normalized spacial score (nSPS) is 25.4. The summed E-state index contributed by atoms with van der Waals surface area (Å²) in [5.74, 6) is 0. The Balaban J connectivity index is 1.48. The summed E-state index contributed by atoms with van der Waals surface area (Å²) in [4.78, 5) is 16.9. The van der Waals surface area contributed by atoms with E-state index in [4.69, 9.17) is 9.47 Å². The van der Waals surface area contributed by atoms with E-state index in [2.05, 4.69) is 35.2 Å². The number of nitrogens with zero attached hydrogens (tertiary/aromatic N) is 2. The third-order valence-corrected chi connectivity index (χ3v) is 5.61. The molecule has 5 heteroatoms. The van der Waals surface area contributed by atoms with Crippen LogP contribution in [-0.4, -0.2) is 55.0 Å². The third-order valence-electron chi connectivity index (χ3n) is 5.61. The van der Waals surface area contributed by atoms with Crippen LogP contribution in [-0.2, 0) is 9.47 Å². The van der Waals surface area contributed by atoms with Crippen molar-refractivity contribution in [3.63, 3.8) is 0 Å². The van der Waals surface area contributed by atoms with E-state index in [1.54, 1.807) is 0 Å². The first kappa shape index (κ1) is 18.4. The highest BCUT2D eigenvalue weighted by atomic mass is 16.6. The fourth-order valence-electron chi connectivity index (χ4n) is 4.35. The minimum atomic E-state index is -0.449. The van der Waals surface area contributed by atoms with Gasteiger partial charge in [0.25, 0.3) is 0 Å². The van der Waals surface area contributed by atoms with Gasteiger partial charge in [0.15, 0.2) is 0 Å². The molecule has 0 radical (unpaired) electrons. The van der Waals surface area contributed by atoms with E-state index in [0.29, 0.717) is 0 Å². The lowest BCUT2D eigenvalue weighted by molar-refractivity contribution is 0.0175. The number of fused-ring (bicyclic) bond motifs is 2. The van der Waals surface area contributed by atoms with Crippen LogP contribution in [0.1, 0.15) is 45.6 Å². The van der Waals surface area contributed by atoms with E-state index in [9.17, 15) is 4.79 Å². The molecule has 3 aliphatic heterocycles. The number of amides is 1. The second-order valence-corrected chi connectivity index (χ2v) is 8.73. The number of hydrogen-bond donors (Lipinski definition) is 0. The number of anilines is 1. The molecule has 0 saturated carbocycles. The predicted octanol–water partition coefficient (Wildman–Crippen LogP) is 4.08. The van der Waals surface area contributed by atoms with Gasteiger partial charge in [-0.1, -0.05) is 18.2 Å². The first-order valence-corrected chi connectivity index (χ1v) is 10.1. The second kappa shape index (κ2) is 7.19. The molecule has 0 aromatic heterocycles. The van der Waals surface area contributed by atoms with Gasteiger partial charge in [0, 0.05) is 24.8 Å². The predicted molar refractivity (Wildman–Crippen MR) is 107 cm³/mol. The summed E-state index contributed by atoms with van der Waals surface area (Å²) >= 11 is 0. The number of ether oxygens (including phenoxy) is 2. The lowest BCUT2D eigenvalue weighted by Gasteiger charge is -2.35. The molecule has 3 aliphatic rings. The maximum Gasteiger partial charge on any atom is 0.411 e. The summed E-state index contributed by atoms with van der Waals surface area (Å²) in [6, 6.07) is 9.28. The maximum absolute atomic E-state index is 12.6. The highest BCUT2D eigenvalue weighted by molar-refractivity contribution is 5.75. The van der Waals surface area contributed by atoms with Crippen molar-refractivity contribution < 1.29 is 14.3 Å². The molecule has 1 aromatic carbocycles. The zero-order valence-electron chi connectivity index (χ0n) is 16.6. The van der Waals surface area contributed by atoms with Crippen LogP contribution in [0, 0.1) is 0 Å². The van der Waals surface area contributed by atoms with Crippen molar-refractivity contribution in [1.29, 1.82) is 0 Å². The molecule has 2 unspecified atom stereocenters. The van der Waals surface area contributed by atoms with Gasteiger partial charge in [-0.2, -0.15) is 0 Å². The summed E-state index contributed by atoms with van der Waals surface area (Å²) in [7, 11) is 0. The van der Waals surface area contributed by atoms with Crippen LogP contribution in [0.15, 0.2) is 30.3 Å². The molecule has 1 amide bonds. The van der Waals surface area contributed by atoms with Gasteiger partial charge in [-0.25, -0.2) is 4.79 Å². The fourth-order valence-corrected chi connectivity index (χ4v) is 4.35. The molecule has 2 bridgehead atoms. The number of carbonyl (C=O) groups is 1. The molecule has 27 heavy (non-hydrogen) atoms. The molecular formula is C22H30N2O3. The summed E-state index contributed by atoms with van der Waals surface area (Å²) in [5, 5.41) is 0. The van der Waals surface area contributed by atoms with E-state index in [1.807, 2.05) is 25.7 Å². The lowest BCUT2D eigenvalue weighted by Crippen LogP contribution is -2.45. The van der Waals surface area contributed by atoms with Crippen molar-refractivity contribution in [2.45, 2.75) is 57.7 Å². The van der Waals surface area contributed by atoms with Crippen LogP contribution in [0.3, 0.4) is 0 Å². The van der Waals surface area contributed by atoms with Crippen LogP contribution in [0.5, 0.6) is 0 Å². The van der Waals surface area contributed by atoms with E-state index in [1.165, 1.54) is 16.8 Å². The molecule has 3 heterocycles. The van der Waals surface area contributed by atoms with Crippen LogP contribution < -0.4 is 4.90 Å². The minimum Gasteiger partial charge on any atom is -0.444 e. The average molecular weight is 370 g/mol. The molecule has 146 valence electrons. The van der Waals surface area contributed by atoms with Crippen molar-refractivity contribution in [3.8, 4) is 0 Å². The zero-order valence-corrected chi connectivity index (χ0v) is 16.6. The average Bonchev–Trinajstić information content (AvgIpc) is 2.91. The Kier molecular flexibility index (Phi) is 4.89. The Morgan fingerprint density at radius 3 is 2.44 bits per heavy atom. The van der Waals surface area contributed by atoms with Gasteiger partial charge in [0.1, 0.15) is 5.60 Å². The Labute approximate surface area is 161 Å². The van der Waals surface area contributed by atoms with Crippen molar-refractivity contribution >= 4 is 17.4 Å². The van der Waals surface area contributed by atoms with Crippen molar-refractivity contribution in [2.75, 3.05) is 31.2 Å². The van der Waals surface area contributed by atoms with E-state index in [0.717, 1.165) is 45.6 Å². The molecule has 4 rings (SSSR count). The molecule has 0 N–H and O–H groups in total. The lowest BCUT2D eigenvalue weighted by atomic mass is 9.94. The van der Waals surface area contributed by atoms with Gasteiger partial charge in [0.2, 0.25) is 0 Å². The summed E-state index contributed by atoms with van der Waals surface area (Å²) in [6.07, 6.45) is 5.09. The first-order chi connectivity index (χ1) is 12.9. The molecule has 1 aromatic rings. The highest BCUT2D eigenvalue weighted by Gasteiger charge is 2.41. The van der Waals surface area contributed by atoms with Crippen LogP contribution in [0.4, 0.5) is 10.5 Å². The van der Waals surface area contributed by atoms with Crippen molar-refractivity contribution in [2.24, 2.45) is 0 Å². The minimum absolute atomic E-state index is 0.160. The van der Waals surface area contributed by atoms with Crippen molar-refractivity contribution in [1.82, 2.24) is 4.90 Å². The Morgan fingerprint density at radius 2 is 1.81 bits per heavy atom. The largest absolute Gasteiger partial charge is 0.444 e. The number of benzene rings is 1. The van der Waals surface area contributed by atoms with Gasteiger partial charge in [-0.05, 0) is 63.3 Å². The fraction of sp³-hybridized carbons (Fsp3) is 0.591. The molecule has 2 fully saturated rings. The standard InChI is InChI=1S/C22H30N2O3/c1-22(2,3)27-21(25)24-19-8-9-20(24)15-17(14-19)16-4-6-18(7-5-16)23-10-12-26-13-11-23/h4-7,14,19-20H,8-13,15H2,1-3H3. The Morgan fingerprint density at radius 1 is 1.11 bits per heavy atom. The van der Waals surface area contributed by atoms with Gasteiger partial charge in [-0.15, -0.1) is 0 Å². The topological polar surface area (TPSA) is 42.0 Å². The zero-order chi connectivity index (χ0) is 19.0. The van der Waals surface area contributed by atoms with Gasteiger partial charge in [0.05, 0.1) is 19.3 Å². The number of carbonyl (C=O) groups excluding carboxylic acids is 1. The second-order valence-electron chi connectivity index (χ2n) is 8.73. The Hall–Kier alpha value is -2.01. The maximum atomic E-state index is 12.6. The summed E-state index contributed by atoms with van der Waals surface area (Å²) < 4.78 is 11.1. The van der Waals surface area contributed by atoms with Gasteiger partial charge >= 0.3 is 6.09 Å². The smallest absolute Gasteiger partial charge is 0.411 e. The van der Waals surface area contributed by atoms with Crippen LogP contribution in [0.2, 0.25) is 0 Å². The molecule has 2 atom stereocenters. The third kappa shape index (κ3) is 3.98. The summed E-state index contributed by atoms with van der Waals surface area (Å²) in [5.41, 5.74) is 3.44. The quantitative estimate of drug-likeness (QED) is 0.787. The number of rotatable bonds is 2. The SMILES string of the molecule is CC(C)(C)OC(=O)N1C2C=C(c3ccc(N4CCOCC4)cc3)CC1CC2. The highest BCUT2D eigenvalue weighted by Crippen LogP contribution is 2.39. The number of hydrogen-bond acceptors (Lipinski definition) is 4.